The van der Waals surface area contributed by atoms with Crippen LogP contribution in [0.4, 0.5) is 11.6 Å². The molecule has 10 heteroatoms. The van der Waals surface area contributed by atoms with Crippen molar-refractivity contribution in [2.45, 2.75) is 4.90 Å². The lowest BCUT2D eigenvalue weighted by Crippen LogP contribution is -2.40. The molecule has 0 amide bonds. The van der Waals surface area contributed by atoms with E-state index in [2.05, 4.69) is 20.3 Å². The highest BCUT2D eigenvalue weighted by Gasteiger charge is 2.26. The molecule has 0 saturated carbocycles. The Morgan fingerprint density at radius 2 is 1.61 bits per heavy atom. The largest absolute Gasteiger partial charge is 0.379 e. The predicted octanol–water partition coefficient (Wildman–Crippen LogP) is 4.11. The zero-order valence-electron chi connectivity index (χ0n) is 17.5. The highest BCUT2D eigenvalue weighted by Crippen LogP contribution is 2.30. The van der Waals surface area contributed by atoms with Gasteiger partial charge in [0.15, 0.2) is 0 Å². The third kappa shape index (κ3) is 4.53. The number of benzene rings is 2. The summed E-state index contributed by atoms with van der Waals surface area (Å²) in [5.74, 6) is 0.426. The van der Waals surface area contributed by atoms with Crippen LogP contribution in [0.5, 0.6) is 0 Å². The van der Waals surface area contributed by atoms with Crippen LogP contribution in [0.2, 0.25) is 5.02 Å². The third-order valence-corrected chi connectivity index (χ3v) is 7.51. The molecule has 2 aromatic heterocycles. The number of hydrogen-bond donors (Lipinski definition) is 1. The van der Waals surface area contributed by atoms with Crippen molar-refractivity contribution >= 4 is 44.2 Å². The second kappa shape index (κ2) is 9.03. The summed E-state index contributed by atoms with van der Waals surface area (Å²) in [6.45, 7) is 1.57. The van der Waals surface area contributed by atoms with Crippen molar-refractivity contribution in [3.8, 4) is 11.1 Å². The van der Waals surface area contributed by atoms with Gasteiger partial charge in [0.05, 0.1) is 46.7 Å². The van der Waals surface area contributed by atoms with Crippen molar-refractivity contribution in [1.29, 1.82) is 0 Å². The number of ether oxygens (including phenoxy) is 1. The SMILES string of the molecule is O=S(=O)(c1ccc(-c2ccc3nccc(Nc4ncc(Cl)cn4)c3c2)cc1)N1CCOCC1. The number of morpholine rings is 1. The number of pyridine rings is 1. The van der Waals surface area contributed by atoms with Crippen molar-refractivity contribution in [3.05, 3.63) is 72.1 Å². The lowest BCUT2D eigenvalue weighted by Gasteiger charge is -2.26. The van der Waals surface area contributed by atoms with E-state index in [4.69, 9.17) is 16.3 Å². The first kappa shape index (κ1) is 21.7. The van der Waals surface area contributed by atoms with Crippen LogP contribution in [0, 0.1) is 0 Å². The maximum atomic E-state index is 12.9. The quantitative estimate of drug-likeness (QED) is 0.458. The van der Waals surface area contributed by atoms with Crippen molar-refractivity contribution in [2.75, 3.05) is 31.6 Å². The normalized spacial score (nSPS) is 14.9. The van der Waals surface area contributed by atoms with Gasteiger partial charge in [-0.1, -0.05) is 29.8 Å². The molecule has 4 aromatic rings. The number of rotatable bonds is 5. The number of nitrogens with one attached hydrogen (secondary N) is 1. The molecule has 1 aliphatic heterocycles. The molecule has 1 aliphatic rings. The van der Waals surface area contributed by atoms with Gasteiger partial charge in [0.2, 0.25) is 16.0 Å². The monoisotopic (exact) mass is 481 g/mol. The van der Waals surface area contributed by atoms with Crippen LogP contribution in [0.25, 0.3) is 22.0 Å². The lowest BCUT2D eigenvalue weighted by molar-refractivity contribution is 0.0730. The molecule has 0 bridgehead atoms. The van der Waals surface area contributed by atoms with Crippen LogP contribution in [0.1, 0.15) is 0 Å². The smallest absolute Gasteiger partial charge is 0.243 e. The Morgan fingerprint density at radius 3 is 2.33 bits per heavy atom. The number of sulfonamides is 1. The van der Waals surface area contributed by atoms with Crippen LogP contribution in [-0.4, -0.2) is 54.0 Å². The van der Waals surface area contributed by atoms with E-state index in [1.165, 1.54) is 16.7 Å². The highest BCUT2D eigenvalue weighted by atomic mass is 35.5. The van der Waals surface area contributed by atoms with Gasteiger partial charge >= 0.3 is 0 Å². The average Bonchev–Trinajstić information content (AvgIpc) is 2.86. The van der Waals surface area contributed by atoms with Crippen molar-refractivity contribution in [1.82, 2.24) is 19.3 Å². The molecule has 0 spiro atoms. The minimum absolute atomic E-state index is 0.276. The van der Waals surface area contributed by atoms with Gasteiger partial charge < -0.3 is 10.1 Å². The van der Waals surface area contributed by atoms with Crippen molar-refractivity contribution in [2.24, 2.45) is 0 Å². The van der Waals surface area contributed by atoms with E-state index in [9.17, 15) is 8.42 Å². The Hall–Kier alpha value is -3.11. The minimum atomic E-state index is -3.53. The molecule has 1 saturated heterocycles. The maximum Gasteiger partial charge on any atom is 0.243 e. The van der Waals surface area contributed by atoms with Crippen LogP contribution in [-0.2, 0) is 14.8 Å². The van der Waals surface area contributed by atoms with E-state index in [1.807, 2.05) is 36.4 Å². The summed E-state index contributed by atoms with van der Waals surface area (Å²) in [6.07, 6.45) is 4.77. The van der Waals surface area contributed by atoms with Gasteiger partial charge in [-0.15, -0.1) is 0 Å². The molecule has 168 valence electrons. The summed E-state index contributed by atoms with van der Waals surface area (Å²) in [7, 11) is -3.53. The van der Waals surface area contributed by atoms with E-state index in [0.717, 1.165) is 27.7 Å². The Balaban J connectivity index is 1.45. The molecule has 1 fully saturated rings. The highest BCUT2D eigenvalue weighted by molar-refractivity contribution is 7.89. The molecule has 0 radical (unpaired) electrons. The number of fused-ring (bicyclic) bond motifs is 1. The van der Waals surface area contributed by atoms with E-state index in [0.29, 0.717) is 37.3 Å². The molecule has 0 aliphatic carbocycles. The second-order valence-corrected chi connectivity index (χ2v) is 9.86. The number of hydrogen-bond acceptors (Lipinski definition) is 7. The van der Waals surface area contributed by atoms with Gasteiger partial charge in [-0.05, 0) is 41.5 Å². The molecule has 1 N–H and O–H groups in total. The lowest BCUT2D eigenvalue weighted by atomic mass is 10.0. The molecular weight excluding hydrogens is 462 g/mol. The number of aromatic nitrogens is 3. The first-order valence-electron chi connectivity index (χ1n) is 10.3. The fourth-order valence-corrected chi connectivity index (χ4v) is 5.19. The second-order valence-electron chi connectivity index (χ2n) is 7.48. The fourth-order valence-electron chi connectivity index (χ4n) is 3.69. The van der Waals surface area contributed by atoms with Gasteiger partial charge in [-0.3, -0.25) is 4.98 Å². The fraction of sp³-hybridized carbons (Fsp3) is 0.174. The van der Waals surface area contributed by atoms with Crippen molar-refractivity contribution in [3.63, 3.8) is 0 Å². The standard InChI is InChI=1S/C23H20ClN5O3S/c24-18-14-26-23(27-15-18)28-22-7-8-25-21-6-3-17(13-20(21)22)16-1-4-19(5-2-16)33(30,31)29-9-11-32-12-10-29/h1-8,13-15H,9-12H2,(H,25,26,27,28). The van der Waals surface area contributed by atoms with Gasteiger partial charge in [-0.25, -0.2) is 18.4 Å². The number of halogens is 1. The third-order valence-electron chi connectivity index (χ3n) is 5.40. The molecule has 0 atom stereocenters. The van der Waals surface area contributed by atoms with Crippen LogP contribution >= 0.6 is 11.6 Å². The Bertz CT molecular complexity index is 1390. The molecule has 5 rings (SSSR count). The maximum absolute atomic E-state index is 12.9. The Morgan fingerprint density at radius 1 is 0.909 bits per heavy atom. The van der Waals surface area contributed by atoms with Crippen LogP contribution in [0.3, 0.4) is 0 Å². The molecule has 33 heavy (non-hydrogen) atoms. The van der Waals surface area contributed by atoms with E-state index < -0.39 is 10.0 Å². The summed E-state index contributed by atoms with van der Waals surface area (Å²) in [4.78, 5) is 13.1. The zero-order chi connectivity index (χ0) is 22.8. The van der Waals surface area contributed by atoms with E-state index in [-0.39, 0.29) is 4.90 Å². The summed E-state index contributed by atoms with van der Waals surface area (Å²) in [5, 5.41) is 4.55. The molecule has 0 unspecified atom stereocenters. The van der Waals surface area contributed by atoms with Crippen LogP contribution in [0.15, 0.2) is 72.0 Å². The summed E-state index contributed by atoms with van der Waals surface area (Å²) in [6, 6.07) is 14.7. The van der Waals surface area contributed by atoms with Gasteiger partial charge in [-0.2, -0.15) is 4.31 Å². The van der Waals surface area contributed by atoms with E-state index in [1.54, 1.807) is 18.3 Å². The zero-order valence-corrected chi connectivity index (χ0v) is 19.1. The Kier molecular flexibility index (Phi) is 5.94. The van der Waals surface area contributed by atoms with E-state index >= 15 is 0 Å². The number of nitrogens with zero attached hydrogens (tertiary/aromatic N) is 4. The molecule has 2 aromatic carbocycles. The van der Waals surface area contributed by atoms with Crippen molar-refractivity contribution < 1.29 is 13.2 Å². The first-order valence-corrected chi connectivity index (χ1v) is 12.1. The topological polar surface area (TPSA) is 97.3 Å². The molecular formula is C23H20ClN5O3S. The van der Waals surface area contributed by atoms with Gasteiger partial charge in [0.1, 0.15) is 0 Å². The molecule has 8 nitrogen and oxygen atoms in total. The summed E-state index contributed by atoms with van der Waals surface area (Å²) < 4.78 is 32.5. The predicted molar refractivity (Wildman–Crippen MR) is 127 cm³/mol. The van der Waals surface area contributed by atoms with Crippen LogP contribution < -0.4 is 5.32 Å². The summed E-state index contributed by atoms with van der Waals surface area (Å²) >= 11 is 5.87. The first-order chi connectivity index (χ1) is 16.0. The number of anilines is 2. The van der Waals surface area contributed by atoms with Gasteiger partial charge in [0, 0.05) is 24.7 Å². The molecule has 3 heterocycles. The summed E-state index contributed by atoms with van der Waals surface area (Å²) in [5.41, 5.74) is 3.45. The minimum Gasteiger partial charge on any atom is -0.379 e. The average molecular weight is 482 g/mol. The van der Waals surface area contributed by atoms with Gasteiger partial charge in [0.25, 0.3) is 0 Å². The Labute approximate surface area is 196 Å².